The van der Waals surface area contributed by atoms with E-state index in [0.717, 1.165) is 0 Å². The Balaban J connectivity index is 2.79. The summed E-state index contributed by atoms with van der Waals surface area (Å²) >= 11 is 0. The van der Waals surface area contributed by atoms with Gasteiger partial charge in [0.05, 0.1) is 12.0 Å². The van der Waals surface area contributed by atoms with Gasteiger partial charge in [-0.15, -0.1) is 0 Å². The molecule has 0 spiro atoms. The minimum absolute atomic E-state index is 0.169. The number of carbonyl (C=O) groups excluding carboxylic acids is 1. The first-order valence-corrected chi connectivity index (χ1v) is 5.39. The Hall–Kier alpha value is -1.14. The normalized spacial score (nSPS) is 31.9. The smallest absolute Gasteiger partial charge is 0.306 e. The van der Waals surface area contributed by atoms with Gasteiger partial charge < -0.3 is 19.3 Å². The fraction of sp³-hybridized carbons (Fsp3) is 0.818. The van der Waals surface area contributed by atoms with E-state index in [1.54, 1.807) is 20.8 Å². The largest absolute Gasteiger partial charge is 0.481 e. The van der Waals surface area contributed by atoms with E-state index >= 15 is 0 Å². The molecule has 0 aliphatic carbocycles. The summed E-state index contributed by atoms with van der Waals surface area (Å²) in [5.41, 5.74) is -0.909. The van der Waals surface area contributed by atoms with E-state index in [1.165, 1.54) is 6.92 Å². The number of hydrogen-bond donors (Lipinski definition) is 1. The van der Waals surface area contributed by atoms with Crippen LogP contribution in [0, 0.1) is 0 Å². The zero-order valence-electron chi connectivity index (χ0n) is 10.5. The maximum Gasteiger partial charge on any atom is 0.306 e. The van der Waals surface area contributed by atoms with Crippen LogP contribution in [0.4, 0.5) is 0 Å². The van der Waals surface area contributed by atoms with Crippen molar-refractivity contribution in [1.29, 1.82) is 0 Å². The van der Waals surface area contributed by atoms with Gasteiger partial charge in [0.25, 0.3) is 0 Å². The van der Waals surface area contributed by atoms with E-state index in [4.69, 9.17) is 19.3 Å². The van der Waals surface area contributed by atoms with Gasteiger partial charge in [-0.25, -0.2) is 0 Å². The van der Waals surface area contributed by atoms with E-state index in [9.17, 15) is 9.59 Å². The molecule has 17 heavy (non-hydrogen) atoms. The summed E-state index contributed by atoms with van der Waals surface area (Å²) in [5.74, 6) is -2.42. The summed E-state index contributed by atoms with van der Waals surface area (Å²) in [7, 11) is 0. The van der Waals surface area contributed by atoms with Gasteiger partial charge in [-0.1, -0.05) is 0 Å². The summed E-state index contributed by atoms with van der Waals surface area (Å²) in [6.07, 6.45) is -0.750. The third-order valence-corrected chi connectivity index (χ3v) is 2.33. The van der Waals surface area contributed by atoms with Gasteiger partial charge in [0.2, 0.25) is 6.29 Å². The van der Waals surface area contributed by atoms with Crippen LogP contribution >= 0.6 is 0 Å². The van der Waals surface area contributed by atoms with Gasteiger partial charge in [-0.3, -0.25) is 9.59 Å². The molecule has 0 amide bonds. The Morgan fingerprint density at radius 1 is 1.41 bits per heavy atom. The highest BCUT2D eigenvalue weighted by atomic mass is 16.8. The van der Waals surface area contributed by atoms with E-state index in [0.29, 0.717) is 0 Å². The molecule has 0 aromatic carbocycles. The van der Waals surface area contributed by atoms with Crippen LogP contribution in [-0.4, -0.2) is 34.7 Å². The fourth-order valence-electron chi connectivity index (χ4n) is 2.05. The molecule has 6 nitrogen and oxygen atoms in total. The molecule has 0 bridgehead atoms. The van der Waals surface area contributed by atoms with Crippen LogP contribution in [0.3, 0.4) is 0 Å². The van der Waals surface area contributed by atoms with Crippen molar-refractivity contribution < 1.29 is 28.9 Å². The van der Waals surface area contributed by atoms with Gasteiger partial charge in [-0.2, -0.15) is 0 Å². The SMILES string of the molecule is CC(=O)OC1CC(C)(CC(=O)O)OC(C)(C)O1. The van der Waals surface area contributed by atoms with Crippen LogP contribution in [0.1, 0.15) is 40.5 Å². The standard InChI is InChI=1S/C11H18O6/c1-7(12)15-9-6-11(4,5-8(13)14)17-10(2,3)16-9/h9H,5-6H2,1-4H3,(H,13,14). The van der Waals surface area contributed by atoms with E-state index in [1.807, 2.05) is 0 Å². The predicted molar refractivity (Wildman–Crippen MR) is 57.1 cm³/mol. The first kappa shape index (κ1) is 13.9. The van der Waals surface area contributed by atoms with Crippen LogP contribution < -0.4 is 0 Å². The van der Waals surface area contributed by atoms with Crippen molar-refractivity contribution in [3.05, 3.63) is 0 Å². The number of ether oxygens (including phenoxy) is 3. The molecule has 98 valence electrons. The van der Waals surface area contributed by atoms with Crippen LogP contribution in [0.5, 0.6) is 0 Å². The van der Waals surface area contributed by atoms with Crippen LogP contribution in [0.15, 0.2) is 0 Å². The molecule has 0 saturated carbocycles. The number of carboxylic acid groups (broad SMARTS) is 1. The molecule has 0 radical (unpaired) electrons. The first-order valence-electron chi connectivity index (χ1n) is 5.39. The van der Waals surface area contributed by atoms with E-state index in [2.05, 4.69) is 0 Å². The molecular formula is C11H18O6. The van der Waals surface area contributed by atoms with Crippen molar-refractivity contribution in [1.82, 2.24) is 0 Å². The lowest BCUT2D eigenvalue weighted by molar-refractivity contribution is -0.366. The molecule has 1 fully saturated rings. The second kappa shape index (κ2) is 4.62. The average molecular weight is 246 g/mol. The molecule has 1 aliphatic rings. The van der Waals surface area contributed by atoms with Gasteiger partial charge in [0, 0.05) is 13.3 Å². The summed E-state index contributed by atoms with van der Waals surface area (Å²) in [5, 5.41) is 8.84. The van der Waals surface area contributed by atoms with Gasteiger partial charge >= 0.3 is 11.9 Å². The summed E-state index contributed by atoms with van der Waals surface area (Å²) in [6, 6.07) is 0. The summed E-state index contributed by atoms with van der Waals surface area (Å²) < 4.78 is 16.0. The Morgan fingerprint density at radius 3 is 2.47 bits per heavy atom. The minimum atomic E-state index is -0.984. The maximum absolute atomic E-state index is 10.9. The fourth-order valence-corrected chi connectivity index (χ4v) is 2.05. The molecule has 0 aromatic heterocycles. The van der Waals surface area contributed by atoms with Gasteiger partial charge in [-0.05, 0) is 20.8 Å². The lowest BCUT2D eigenvalue weighted by Gasteiger charge is -2.45. The van der Waals surface area contributed by atoms with Crippen molar-refractivity contribution in [3.63, 3.8) is 0 Å². The monoisotopic (exact) mass is 246 g/mol. The molecule has 2 atom stereocenters. The quantitative estimate of drug-likeness (QED) is 0.755. The Labute approximate surface area is 99.8 Å². The van der Waals surface area contributed by atoms with Crippen molar-refractivity contribution in [2.75, 3.05) is 0 Å². The minimum Gasteiger partial charge on any atom is -0.481 e. The molecular weight excluding hydrogens is 228 g/mol. The second-order valence-corrected chi connectivity index (χ2v) is 4.88. The highest BCUT2D eigenvalue weighted by Gasteiger charge is 2.45. The predicted octanol–water partition coefficient (Wildman–Crippen LogP) is 1.28. The van der Waals surface area contributed by atoms with Crippen molar-refractivity contribution in [2.24, 2.45) is 0 Å². The van der Waals surface area contributed by atoms with E-state index < -0.39 is 29.6 Å². The molecule has 2 unspecified atom stereocenters. The molecule has 0 aromatic rings. The average Bonchev–Trinajstić information content (AvgIpc) is 1.93. The number of aliphatic carboxylic acids is 1. The third kappa shape index (κ3) is 4.32. The zero-order chi connectivity index (χ0) is 13.3. The van der Waals surface area contributed by atoms with Gasteiger partial charge in [0.15, 0.2) is 5.79 Å². The zero-order valence-corrected chi connectivity index (χ0v) is 10.5. The lowest BCUT2D eigenvalue weighted by atomic mass is 9.95. The second-order valence-electron chi connectivity index (χ2n) is 4.88. The maximum atomic E-state index is 10.9. The highest BCUT2D eigenvalue weighted by molar-refractivity contribution is 5.68. The third-order valence-electron chi connectivity index (χ3n) is 2.33. The molecule has 1 heterocycles. The van der Waals surface area contributed by atoms with Crippen LogP contribution in [0.25, 0.3) is 0 Å². The lowest BCUT2D eigenvalue weighted by Crippen LogP contribution is -2.52. The van der Waals surface area contributed by atoms with Crippen LogP contribution in [0.2, 0.25) is 0 Å². The van der Waals surface area contributed by atoms with Crippen molar-refractivity contribution in [2.45, 2.75) is 58.2 Å². The number of esters is 1. The van der Waals surface area contributed by atoms with E-state index in [-0.39, 0.29) is 12.8 Å². The van der Waals surface area contributed by atoms with Crippen LogP contribution in [-0.2, 0) is 23.8 Å². The number of carbonyl (C=O) groups is 2. The number of carboxylic acids is 1. The Bertz CT molecular complexity index is 324. The molecule has 1 aliphatic heterocycles. The molecule has 1 N–H and O–H groups in total. The molecule has 6 heteroatoms. The van der Waals surface area contributed by atoms with Gasteiger partial charge in [0.1, 0.15) is 0 Å². The van der Waals surface area contributed by atoms with Crippen molar-refractivity contribution in [3.8, 4) is 0 Å². The number of rotatable bonds is 3. The number of hydrogen-bond acceptors (Lipinski definition) is 5. The first-order chi connectivity index (χ1) is 7.62. The Kier molecular flexibility index (Phi) is 3.78. The van der Waals surface area contributed by atoms with Crippen molar-refractivity contribution >= 4 is 11.9 Å². The summed E-state index contributed by atoms with van der Waals surface area (Å²) in [6.45, 7) is 6.26. The topological polar surface area (TPSA) is 82.1 Å². The summed E-state index contributed by atoms with van der Waals surface area (Å²) in [4.78, 5) is 21.7. The molecule has 1 saturated heterocycles. The molecule has 1 rings (SSSR count). The highest BCUT2D eigenvalue weighted by Crippen LogP contribution is 2.36. The Morgan fingerprint density at radius 2 is 2.00 bits per heavy atom.